The van der Waals surface area contributed by atoms with Crippen molar-refractivity contribution in [1.82, 2.24) is 14.7 Å². The average molecular weight is 337 g/mol. The minimum absolute atomic E-state index is 0.266. The number of rotatable bonds is 4. The van der Waals surface area contributed by atoms with Crippen molar-refractivity contribution in [2.45, 2.75) is 17.1 Å². The van der Waals surface area contributed by atoms with Crippen LogP contribution in [0, 0.1) is 0 Å². The van der Waals surface area contributed by atoms with Crippen molar-refractivity contribution in [3.05, 3.63) is 30.1 Å². The lowest BCUT2D eigenvalue weighted by Crippen LogP contribution is -2.54. The molecule has 3 heterocycles. The van der Waals surface area contributed by atoms with Gasteiger partial charge in [0.15, 0.2) is 10.9 Å². The molecule has 8 heteroatoms. The summed E-state index contributed by atoms with van der Waals surface area (Å²) in [7, 11) is 0. The lowest BCUT2D eigenvalue weighted by Gasteiger charge is -2.24. The summed E-state index contributed by atoms with van der Waals surface area (Å²) >= 11 is 2.97. The lowest BCUT2D eigenvalue weighted by molar-refractivity contribution is -0.143. The molecule has 0 saturated carbocycles. The van der Waals surface area contributed by atoms with Gasteiger partial charge >= 0.3 is 5.97 Å². The van der Waals surface area contributed by atoms with E-state index in [1.54, 1.807) is 6.07 Å². The van der Waals surface area contributed by atoms with E-state index < -0.39 is 17.4 Å². The van der Waals surface area contributed by atoms with E-state index in [-0.39, 0.29) is 5.69 Å². The van der Waals surface area contributed by atoms with Gasteiger partial charge in [-0.2, -0.15) is 11.8 Å². The van der Waals surface area contributed by atoms with Crippen LogP contribution < -0.4 is 5.32 Å². The highest BCUT2D eigenvalue weighted by atomic mass is 32.2. The van der Waals surface area contributed by atoms with E-state index in [4.69, 9.17) is 0 Å². The Morgan fingerprint density at radius 1 is 1.50 bits per heavy atom. The number of aliphatic carboxylic acids is 1. The fourth-order valence-corrected chi connectivity index (χ4v) is 4.35. The van der Waals surface area contributed by atoms with Gasteiger partial charge in [-0.15, -0.1) is 0 Å². The SMILES string of the molecule is CSc1nc(C(=O)NC2(C(=O)O)CCSC2)c2ccccn12. The molecule has 1 fully saturated rings. The van der Waals surface area contributed by atoms with E-state index in [1.807, 2.05) is 29.0 Å². The molecule has 3 rings (SSSR count). The van der Waals surface area contributed by atoms with Crippen molar-refractivity contribution < 1.29 is 14.7 Å². The van der Waals surface area contributed by atoms with E-state index in [1.165, 1.54) is 23.5 Å². The van der Waals surface area contributed by atoms with Gasteiger partial charge in [0, 0.05) is 11.9 Å². The van der Waals surface area contributed by atoms with Crippen molar-refractivity contribution >= 4 is 40.9 Å². The second-order valence-corrected chi connectivity index (χ2v) is 6.93. The van der Waals surface area contributed by atoms with Gasteiger partial charge in [0.2, 0.25) is 0 Å². The molecule has 1 unspecified atom stereocenters. The number of hydrogen-bond acceptors (Lipinski definition) is 5. The maximum absolute atomic E-state index is 12.6. The summed E-state index contributed by atoms with van der Waals surface area (Å²) in [5, 5.41) is 12.9. The van der Waals surface area contributed by atoms with Gasteiger partial charge in [0.25, 0.3) is 5.91 Å². The van der Waals surface area contributed by atoms with Crippen molar-refractivity contribution in [3.63, 3.8) is 0 Å². The third-order valence-electron chi connectivity index (χ3n) is 3.70. The van der Waals surface area contributed by atoms with Gasteiger partial charge in [-0.05, 0) is 30.6 Å². The number of carbonyl (C=O) groups excluding carboxylic acids is 1. The molecular formula is C14H15N3O3S2. The molecule has 6 nitrogen and oxygen atoms in total. The minimum atomic E-state index is -1.19. The number of pyridine rings is 1. The van der Waals surface area contributed by atoms with E-state index in [0.717, 1.165) is 5.75 Å². The van der Waals surface area contributed by atoms with Crippen LogP contribution >= 0.6 is 23.5 Å². The number of fused-ring (bicyclic) bond motifs is 1. The van der Waals surface area contributed by atoms with Crippen LogP contribution in [-0.2, 0) is 4.79 Å². The predicted molar refractivity (Wildman–Crippen MR) is 86.7 cm³/mol. The molecule has 1 saturated heterocycles. The number of carboxylic acids is 1. The minimum Gasteiger partial charge on any atom is -0.479 e. The standard InChI is InChI=1S/C14H15N3O3S2/c1-21-13-15-10(9-4-2-3-6-17(9)13)11(18)16-14(12(19)20)5-7-22-8-14/h2-4,6H,5,7-8H2,1H3,(H,16,18)(H,19,20). The fourth-order valence-electron chi connectivity index (χ4n) is 2.48. The predicted octanol–water partition coefficient (Wildman–Crippen LogP) is 1.75. The highest BCUT2D eigenvalue weighted by Crippen LogP contribution is 2.29. The number of carboxylic acid groups (broad SMARTS) is 1. The van der Waals surface area contributed by atoms with Crippen LogP contribution in [0.1, 0.15) is 16.9 Å². The van der Waals surface area contributed by atoms with Crippen molar-refractivity contribution in [2.75, 3.05) is 17.8 Å². The Morgan fingerprint density at radius 3 is 2.95 bits per heavy atom. The van der Waals surface area contributed by atoms with Crippen LogP contribution in [0.15, 0.2) is 29.6 Å². The van der Waals surface area contributed by atoms with Crippen LogP contribution in [0.2, 0.25) is 0 Å². The lowest BCUT2D eigenvalue weighted by atomic mass is 9.99. The van der Waals surface area contributed by atoms with Crippen LogP contribution in [0.25, 0.3) is 5.52 Å². The molecule has 2 aromatic heterocycles. The van der Waals surface area contributed by atoms with Gasteiger partial charge < -0.3 is 10.4 Å². The van der Waals surface area contributed by atoms with Crippen LogP contribution in [0.4, 0.5) is 0 Å². The summed E-state index contributed by atoms with van der Waals surface area (Å²) in [6.45, 7) is 0. The maximum atomic E-state index is 12.6. The first-order chi connectivity index (χ1) is 10.6. The Balaban J connectivity index is 1.97. The molecule has 1 aliphatic rings. The Morgan fingerprint density at radius 2 is 2.32 bits per heavy atom. The number of nitrogens with one attached hydrogen (secondary N) is 1. The van der Waals surface area contributed by atoms with Gasteiger partial charge in [0.1, 0.15) is 5.54 Å². The Hall–Kier alpha value is -1.67. The molecule has 0 bridgehead atoms. The third-order valence-corrected chi connectivity index (χ3v) is 5.54. The second kappa shape index (κ2) is 5.85. The van der Waals surface area contributed by atoms with E-state index in [2.05, 4.69) is 10.3 Å². The highest BCUT2D eigenvalue weighted by molar-refractivity contribution is 7.99. The number of aromatic nitrogens is 2. The first-order valence-electron chi connectivity index (χ1n) is 6.72. The molecule has 0 radical (unpaired) electrons. The van der Waals surface area contributed by atoms with Gasteiger partial charge in [-0.1, -0.05) is 17.8 Å². The molecule has 1 atom stereocenters. The van der Waals surface area contributed by atoms with E-state index >= 15 is 0 Å². The van der Waals surface area contributed by atoms with Crippen LogP contribution in [0.5, 0.6) is 0 Å². The summed E-state index contributed by atoms with van der Waals surface area (Å²) in [5.41, 5.74) is -0.246. The number of carbonyl (C=O) groups is 2. The van der Waals surface area contributed by atoms with E-state index in [9.17, 15) is 14.7 Å². The first kappa shape index (κ1) is 15.2. The number of amides is 1. The quantitative estimate of drug-likeness (QED) is 0.827. The highest BCUT2D eigenvalue weighted by Gasteiger charge is 2.43. The summed E-state index contributed by atoms with van der Waals surface area (Å²) in [4.78, 5) is 28.5. The zero-order valence-corrected chi connectivity index (χ0v) is 13.5. The summed E-state index contributed by atoms with van der Waals surface area (Å²) in [6, 6.07) is 5.50. The zero-order valence-electron chi connectivity index (χ0n) is 11.9. The molecule has 116 valence electrons. The molecule has 2 aromatic rings. The summed E-state index contributed by atoms with van der Waals surface area (Å²) in [5.74, 6) is -0.310. The Bertz CT molecular complexity index is 738. The number of nitrogens with zero attached hydrogens (tertiary/aromatic N) is 2. The number of imidazole rings is 1. The molecule has 1 aliphatic heterocycles. The average Bonchev–Trinajstić information content (AvgIpc) is 3.12. The molecule has 0 spiro atoms. The first-order valence-corrected chi connectivity index (χ1v) is 9.10. The molecule has 0 aliphatic carbocycles. The third kappa shape index (κ3) is 2.46. The summed E-state index contributed by atoms with van der Waals surface area (Å²) in [6.07, 6.45) is 4.15. The van der Waals surface area contributed by atoms with Crippen molar-refractivity contribution in [1.29, 1.82) is 0 Å². The van der Waals surface area contributed by atoms with Crippen molar-refractivity contribution in [3.8, 4) is 0 Å². The molecule has 1 amide bonds. The normalized spacial score (nSPS) is 21.1. The zero-order chi connectivity index (χ0) is 15.7. The van der Waals surface area contributed by atoms with E-state index in [0.29, 0.717) is 22.8 Å². The topological polar surface area (TPSA) is 83.7 Å². The molecule has 2 N–H and O–H groups in total. The van der Waals surface area contributed by atoms with Gasteiger partial charge in [-0.3, -0.25) is 9.20 Å². The smallest absolute Gasteiger partial charge is 0.330 e. The fraction of sp³-hybridized carbons (Fsp3) is 0.357. The maximum Gasteiger partial charge on any atom is 0.330 e. The van der Waals surface area contributed by atoms with Crippen LogP contribution in [0.3, 0.4) is 0 Å². The second-order valence-electron chi connectivity index (χ2n) is 5.05. The molecule has 0 aromatic carbocycles. The van der Waals surface area contributed by atoms with Crippen molar-refractivity contribution in [2.24, 2.45) is 0 Å². The number of thioether (sulfide) groups is 2. The Kier molecular flexibility index (Phi) is 4.05. The monoisotopic (exact) mass is 337 g/mol. The Labute approximate surface area is 135 Å². The van der Waals surface area contributed by atoms with Crippen LogP contribution in [-0.4, -0.2) is 49.7 Å². The van der Waals surface area contributed by atoms with Gasteiger partial charge in [0.05, 0.1) is 5.52 Å². The largest absolute Gasteiger partial charge is 0.479 e. The number of hydrogen-bond donors (Lipinski definition) is 2. The molecule has 22 heavy (non-hydrogen) atoms. The summed E-state index contributed by atoms with van der Waals surface area (Å²) < 4.78 is 1.83. The van der Waals surface area contributed by atoms with Gasteiger partial charge in [-0.25, -0.2) is 9.78 Å². The molecular weight excluding hydrogens is 322 g/mol.